The van der Waals surface area contributed by atoms with Crippen LogP contribution in [0.3, 0.4) is 0 Å². The van der Waals surface area contributed by atoms with Crippen LogP contribution in [0.1, 0.15) is 19.4 Å². The van der Waals surface area contributed by atoms with Gasteiger partial charge in [0.1, 0.15) is 11.5 Å². The minimum absolute atomic E-state index is 0.0176. The molecule has 1 aromatic rings. The highest BCUT2D eigenvalue weighted by molar-refractivity contribution is 6.33. The predicted molar refractivity (Wildman–Crippen MR) is 64.7 cm³/mol. The molecule has 1 aromatic carbocycles. The number of ether oxygens (including phenoxy) is 2. The summed E-state index contributed by atoms with van der Waals surface area (Å²) >= 11 is 6.24. The molecule has 0 aliphatic rings. The molecular weight excluding hydrogens is 228 g/mol. The molecular formula is C12H17ClO3. The van der Waals surface area contributed by atoms with Gasteiger partial charge in [-0.1, -0.05) is 25.4 Å². The summed E-state index contributed by atoms with van der Waals surface area (Å²) in [4.78, 5) is 0. The molecule has 90 valence electrons. The summed E-state index contributed by atoms with van der Waals surface area (Å²) in [5, 5.41) is 9.89. The van der Waals surface area contributed by atoms with Crippen molar-refractivity contribution in [3.8, 4) is 11.5 Å². The summed E-state index contributed by atoms with van der Waals surface area (Å²) in [5.41, 5.74) is 0.287. The van der Waals surface area contributed by atoms with Gasteiger partial charge in [-0.2, -0.15) is 0 Å². The zero-order chi connectivity index (χ0) is 12.3. The van der Waals surface area contributed by atoms with Crippen LogP contribution >= 0.6 is 11.6 Å². The third kappa shape index (κ3) is 2.25. The molecule has 0 aromatic heterocycles. The Hall–Kier alpha value is -0.930. The Morgan fingerprint density at radius 3 is 2.12 bits per heavy atom. The van der Waals surface area contributed by atoms with Crippen molar-refractivity contribution < 1.29 is 14.6 Å². The number of halogens is 1. The Morgan fingerprint density at radius 2 is 1.69 bits per heavy atom. The Labute approximate surface area is 101 Å². The van der Waals surface area contributed by atoms with Gasteiger partial charge in [0.2, 0.25) is 0 Å². The molecule has 0 aliphatic carbocycles. The fraction of sp³-hybridized carbons (Fsp3) is 0.500. The lowest BCUT2D eigenvalue weighted by molar-refractivity contribution is 0.214. The van der Waals surface area contributed by atoms with E-state index in [0.717, 1.165) is 5.56 Å². The largest absolute Gasteiger partial charge is 0.496 e. The number of hydrogen-bond donors (Lipinski definition) is 1. The number of rotatable bonds is 4. The van der Waals surface area contributed by atoms with E-state index in [2.05, 4.69) is 0 Å². The van der Waals surface area contributed by atoms with E-state index in [0.29, 0.717) is 16.5 Å². The fourth-order valence-corrected chi connectivity index (χ4v) is 2.07. The highest BCUT2D eigenvalue weighted by atomic mass is 35.5. The van der Waals surface area contributed by atoms with Crippen LogP contribution in [-0.4, -0.2) is 25.9 Å². The molecule has 0 saturated carbocycles. The second-order valence-corrected chi connectivity index (χ2v) is 4.58. The second-order valence-electron chi connectivity index (χ2n) is 4.20. The van der Waals surface area contributed by atoms with E-state index in [1.807, 2.05) is 13.8 Å². The van der Waals surface area contributed by atoms with Gasteiger partial charge in [-0.15, -0.1) is 0 Å². The van der Waals surface area contributed by atoms with Gasteiger partial charge in [0.25, 0.3) is 0 Å². The van der Waals surface area contributed by atoms with Crippen LogP contribution in [0.5, 0.6) is 11.5 Å². The predicted octanol–water partition coefficient (Wildman–Crippen LogP) is 2.63. The lowest BCUT2D eigenvalue weighted by Crippen LogP contribution is -2.23. The molecule has 0 spiro atoms. The smallest absolute Gasteiger partial charge is 0.138 e. The van der Waals surface area contributed by atoms with Gasteiger partial charge < -0.3 is 14.6 Å². The molecule has 0 unspecified atom stereocenters. The van der Waals surface area contributed by atoms with E-state index in [1.165, 1.54) is 0 Å². The van der Waals surface area contributed by atoms with Crippen molar-refractivity contribution in [2.45, 2.75) is 19.3 Å². The number of aliphatic hydroxyl groups excluding tert-OH is 1. The van der Waals surface area contributed by atoms with Gasteiger partial charge in [0, 0.05) is 11.0 Å². The van der Waals surface area contributed by atoms with Crippen LogP contribution in [0.2, 0.25) is 5.02 Å². The summed E-state index contributed by atoms with van der Waals surface area (Å²) in [6, 6.07) is 3.54. The van der Waals surface area contributed by atoms with E-state index in [9.17, 15) is 5.11 Å². The third-order valence-electron chi connectivity index (χ3n) is 2.58. The van der Waals surface area contributed by atoms with Gasteiger partial charge in [-0.3, -0.25) is 0 Å². The first-order valence-electron chi connectivity index (χ1n) is 4.99. The Morgan fingerprint density at radius 1 is 1.19 bits per heavy atom. The summed E-state index contributed by atoms with van der Waals surface area (Å²) in [5.74, 6) is 1.24. The molecule has 0 aliphatic heterocycles. The second kappa shape index (κ2) is 4.93. The van der Waals surface area contributed by atoms with Crippen molar-refractivity contribution in [1.82, 2.24) is 0 Å². The third-order valence-corrected chi connectivity index (χ3v) is 2.96. The molecule has 0 heterocycles. The van der Waals surface area contributed by atoms with Crippen molar-refractivity contribution >= 4 is 11.6 Å². The van der Waals surface area contributed by atoms with Gasteiger partial charge >= 0.3 is 0 Å². The van der Waals surface area contributed by atoms with Crippen LogP contribution in [0, 0.1) is 0 Å². The number of methoxy groups -OCH3 is 2. The number of aliphatic hydroxyl groups is 1. The molecule has 3 nitrogen and oxygen atoms in total. The standard InChI is InChI=1S/C12H17ClO3/c1-12(2,7-14)10-8(15-3)5-6-9(16-4)11(10)13/h5-6,14H,7H2,1-4H3. The van der Waals surface area contributed by atoms with Crippen LogP contribution in [0.4, 0.5) is 0 Å². The van der Waals surface area contributed by atoms with E-state index in [4.69, 9.17) is 21.1 Å². The summed E-state index contributed by atoms with van der Waals surface area (Å²) < 4.78 is 10.4. The van der Waals surface area contributed by atoms with Crippen LogP contribution < -0.4 is 9.47 Å². The zero-order valence-electron chi connectivity index (χ0n) is 10.0. The van der Waals surface area contributed by atoms with Gasteiger partial charge in [0.15, 0.2) is 0 Å². The lowest BCUT2D eigenvalue weighted by atomic mass is 9.84. The van der Waals surface area contributed by atoms with Crippen LogP contribution in [0.25, 0.3) is 0 Å². The Kier molecular flexibility index (Phi) is 4.05. The normalized spacial score (nSPS) is 11.4. The maximum Gasteiger partial charge on any atom is 0.138 e. The monoisotopic (exact) mass is 244 g/mol. The van der Waals surface area contributed by atoms with Gasteiger partial charge in [-0.05, 0) is 12.1 Å². The minimum atomic E-state index is -0.475. The maximum absolute atomic E-state index is 9.40. The minimum Gasteiger partial charge on any atom is -0.496 e. The van der Waals surface area contributed by atoms with Crippen molar-refractivity contribution in [2.24, 2.45) is 0 Å². The SMILES string of the molecule is COc1ccc(OC)c(C(C)(C)CO)c1Cl. The quantitative estimate of drug-likeness (QED) is 0.885. The van der Waals surface area contributed by atoms with Crippen LogP contribution in [0.15, 0.2) is 12.1 Å². The summed E-state index contributed by atoms with van der Waals surface area (Å²) in [6.07, 6.45) is 0. The number of hydrogen-bond acceptors (Lipinski definition) is 3. The Balaban J connectivity index is 3.43. The van der Waals surface area contributed by atoms with E-state index in [-0.39, 0.29) is 6.61 Å². The molecule has 0 bridgehead atoms. The van der Waals surface area contributed by atoms with Gasteiger partial charge in [-0.25, -0.2) is 0 Å². The zero-order valence-corrected chi connectivity index (χ0v) is 10.8. The first-order valence-corrected chi connectivity index (χ1v) is 5.37. The first-order chi connectivity index (χ1) is 7.47. The molecule has 0 fully saturated rings. The Bertz CT molecular complexity index is 375. The fourth-order valence-electron chi connectivity index (χ4n) is 1.58. The summed E-state index contributed by atoms with van der Waals surface area (Å²) in [7, 11) is 3.14. The van der Waals surface area contributed by atoms with Crippen molar-refractivity contribution in [3.63, 3.8) is 0 Å². The van der Waals surface area contributed by atoms with E-state index < -0.39 is 5.41 Å². The van der Waals surface area contributed by atoms with Crippen molar-refractivity contribution in [2.75, 3.05) is 20.8 Å². The average Bonchev–Trinajstić information content (AvgIpc) is 2.28. The molecule has 0 atom stereocenters. The topological polar surface area (TPSA) is 38.7 Å². The van der Waals surface area contributed by atoms with Gasteiger partial charge in [0.05, 0.1) is 25.8 Å². The first kappa shape index (κ1) is 13.1. The average molecular weight is 245 g/mol. The maximum atomic E-state index is 9.40. The molecule has 0 saturated heterocycles. The molecule has 1 N–H and O–H groups in total. The molecule has 16 heavy (non-hydrogen) atoms. The van der Waals surface area contributed by atoms with Crippen molar-refractivity contribution in [1.29, 1.82) is 0 Å². The molecule has 0 amide bonds. The molecule has 0 radical (unpaired) electrons. The molecule has 1 rings (SSSR count). The van der Waals surface area contributed by atoms with E-state index in [1.54, 1.807) is 26.4 Å². The van der Waals surface area contributed by atoms with Crippen LogP contribution in [-0.2, 0) is 5.41 Å². The van der Waals surface area contributed by atoms with E-state index >= 15 is 0 Å². The summed E-state index contributed by atoms with van der Waals surface area (Å²) in [6.45, 7) is 3.78. The van der Waals surface area contributed by atoms with Crippen molar-refractivity contribution in [3.05, 3.63) is 22.7 Å². The highest BCUT2D eigenvalue weighted by Gasteiger charge is 2.28. The number of benzene rings is 1. The molecule has 4 heteroatoms. The lowest BCUT2D eigenvalue weighted by Gasteiger charge is -2.26. The highest BCUT2D eigenvalue weighted by Crippen LogP contribution is 2.41.